The van der Waals surface area contributed by atoms with Gasteiger partial charge in [-0.1, -0.05) is 12.1 Å². The summed E-state index contributed by atoms with van der Waals surface area (Å²) in [4.78, 5) is 32.6. The van der Waals surface area contributed by atoms with Crippen molar-refractivity contribution < 1.29 is 27.2 Å². The number of hydrogen-bond acceptors (Lipinski definition) is 5. The van der Waals surface area contributed by atoms with E-state index in [1.165, 1.54) is 36.8 Å². The molecular formula is C22H14F4N6O2. The number of pyridine rings is 2. The highest BCUT2D eigenvalue weighted by atomic mass is 19.4. The van der Waals surface area contributed by atoms with Crippen molar-refractivity contribution in [2.45, 2.75) is 6.18 Å². The zero-order valence-corrected chi connectivity index (χ0v) is 17.0. The van der Waals surface area contributed by atoms with Gasteiger partial charge in [0.1, 0.15) is 5.82 Å². The highest BCUT2D eigenvalue weighted by Crippen LogP contribution is 2.29. The molecule has 12 heteroatoms. The Morgan fingerprint density at radius 3 is 2.44 bits per heavy atom. The highest BCUT2D eigenvalue weighted by Gasteiger charge is 2.31. The molecule has 3 heterocycles. The molecule has 172 valence electrons. The summed E-state index contributed by atoms with van der Waals surface area (Å²) in [6.07, 6.45) is 0.953. The lowest BCUT2D eigenvalue weighted by molar-refractivity contribution is -0.137. The zero-order valence-electron chi connectivity index (χ0n) is 17.0. The molecule has 34 heavy (non-hydrogen) atoms. The van der Waals surface area contributed by atoms with Crippen LogP contribution in [0.15, 0.2) is 67.4 Å². The van der Waals surface area contributed by atoms with Gasteiger partial charge >= 0.3 is 6.18 Å². The normalized spacial score (nSPS) is 11.2. The number of amides is 2. The number of carbonyl (C=O) groups is 2. The molecule has 3 N–H and O–H groups in total. The summed E-state index contributed by atoms with van der Waals surface area (Å²) in [6, 6.07) is 8.03. The van der Waals surface area contributed by atoms with Gasteiger partial charge in [0.2, 0.25) is 0 Å². The summed E-state index contributed by atoms with van der Waals surface area (Å²) in [5.41, 5.74) is -0.353. The molecule has 0 bridgehead atoms. The van der Waals surface area contributed by atoms with Crippen LogP contribution in [0.25, 0.3) is 11.1 Å². The van der Waals surface area contributed by atoms with Crippen molar-refractivity contribution in [1.82, 2.24) is 20.2 Å². The van der Waals surface area contributed by atoms with E-state index in [-0.39, 0.29) is 22.6 Å². The number of aromatic amines is 1. The Morgan fingerprint density at radius 2 is 1.68 bits per heavy atom. The van der Waals surface area contributed by atoms with E-state index in [0.29, 0.717) is 23.4 Å². The molecule has 0 radical (unpaired) electrons. The summed E-state index contributed by atoms with van der Waals surface area (Å²) in [5, 5.41) is 11.1. The molecule has 0 atom stereocenters. The van der Waals surface area contributed by atoms with Gasteiger partial charge in [-0.05, 0) is 29.8 Å². The van der Waals surface area contributed by atoms with Gasteiger partial charge in [0.05, 0.1) is 28.7 Å². The second-order valence-corrected chi connectivity index (χ2v) is 6.99. The summed E-state index contributed by atoms with van der Waals surface area (Å²) >= 11 is 0. The van der Waals surface area contributed by atoms with E-state index in [9.17, 15) is 27.2 Å². The topological polar surface area (TPSA) is 113 Å². The number of rotatable bonds is 5. The molecule has 0 aliphatic carbocycles. The molecule has 1 aromatic carbocycles. The summed E-state index contributed by atoms with van der Waals surface area (Å²) in [7, 11) is 0. The maximum absolute atomic E-state index is 13.5. The highest BCUT2D eigenvalue weighted by molar-refractivity contribution is 6.11. The standard InChI is InChI=1S/C22H14F4N6O2/c23-16-3-1-2-12(5-16)13-6-17(10-28-7-13)30-21(34)19-18(11-29-32-19)31-20(33)14-4-15(9-27-8-14)22(24,25)26/h1-11H,(H,29,32)(H,30,34)(H,31,33). The van der Waals surface area contributed by atoms with Crippen LogP contribution in [0, 0.1) is 5.82 Å². The average molecular weight is 470 g/mol. The summed E-state index contributed by atoms with van der Waals surface area (Å²) in [5.74, 6) is -2.07. The van der Waals surface area contributed by atoms with Crippen molar-refractivity contribution >= 4 is 23.2 Å². The first-order chi connectivity index (χ1) is 16.2. The lowest BCUT2D eigenvalue weighted by Crippen LogP contribution is -2.18. The van der Waals surface area contributed by atoms with Gasteiger partial charge in [-0.15, -0.1) is 0 Å². The molecule has 0 saturated carbocycles. The minimum absolute atomic E-state index is 0.0610. The van der Waals surface area contributed by atoms with Crippen LogP contribution in [-0.4, -0.2) is 32.0 Å². The van der Waals surface area contributed by atoms with E-state index in [1.54, 1.807) is 12.1 Å². The number of anilines is 2. The number of nitrogens with one attached hydrogen (secondary N) is 3. The summed E-state index contributed by atoms with van der Waals surface area (Å²) < 4.78 is 52.1. The summed E-state index contributed by atoms with van der Waals surface area (Å²) in [6.45, 7) is 0. The molecule has 4 rings (SSSR count). The maximum atomic E-state index is 13.5. The minimum atomic E-state index is -4.67. The van der Waals surface area contributed by atoms with Crippen molar-refractivity contribution in [1.29, 1.82) is 0 Å². The average Bonchev–Trinajstić information content (AvgIpc) is 3.27. The fraction of sp³-hybridized carbons (Fsp3) is 0.0455. The molecule has 8 nitrogen and oxygen atoms in total. The number of H-pyrrole nitrogens is 1. The predicted octanol–water partition coefficient (Wildman–Crippen LogP) is 4.53. The monoisotopic (exact) mass is 470 g/mol. The van der Waals surface area contributed by atoms with Crippen molar-refractivity contribution in [3.8, 4) is 11.1 Å². The fourth-order valence-corrected chi connectivity index (χ4v) is 3.00. The molecule has 0 unspecified atom stereocenters. The number of benzene rings is 1. The maximum Gasteiger partial charge on any atom is 0.417 e. The van der Waals surface area contributed by atoms with Crippen LogP contribution < -0.4 is 10.6 Å². The fourth-order valence-electron chi connectivity index (χ4n) is 3.00. The Labute approximate surface area is 189 Å². The quantitative estimate of drug-likeness (QED) is 0.371. The van der Waals surface area contributed by atoms with Crippen LogP contribution in [0.2, 0.25) is 0 Å². The van der Waals surface area contributed by atoms with E-state index in [2.05, 4.69) is 30.8 Å². The van der Waals surface area contributed by atoms with Gasteiger partial charge in [0, 0.05) is 30.4 Å². The van der Waals surface area contributed by atoms with Crippen LogP contribution in [0.3, 0.4) is 0 Å². The molecule has 0 aliphatic rings. The van der Waals surface area contributed by atoms with Crippen molar-refractivity contribution in [3.05, 3.63) is 90.0 Å². The Balaban J connectivity index is 1.50. The molecule has 0 fully saturated rings. The van der Waals surface area contributed by atoms with E-state index >= 15 is 0 Å². The molecule has 0 saturated heterocycles. The van der Waals surface area contributed by atoms with Crippen molar-refractivity contribution in [2.75, 3.05) is 10.6 Å². The van der Waals surface area contributed by atoms with Crippen LogP contribution in [-0.2, 0) is 6.18 Å². The molecule has 4 aromatic rings. The third kappa shape index (κ3) is 5.06. The van der Waals surface area contributed by atoms with Crippen LogP contribution >= 0.6 is 0 Å². The van der Waals surface area contributed by atoms with Gasteiger partial charge in [-0.3, -0.25) is 24.7 Å². The third-order valence-corrected chi connectivity index (χ3v) is 4.59. The van der Waals surface area contributed by atoms with Crippen LogP contribution in [0.1, 0.15) is 26.4 Å². The Bertz CT molecular complexity index is 1370. The molecule has 0 aliphatic heterocycles. The molecule has 3 aromatic heterocycles. The van der Waals surface area contributed by atoms with E-state index in [1.807, 2.05) is 0 Å². The predicted molar refractivity (Wildman–Crippen MR) is 113 cm³/mol. The molecule has 0 spiro atoms. The number of halogens is 4. The van der Waals surface area contributed by atoms with E-state index in [4.69, 9.17) is 0 Å². The second kappa shape index (κ2) is 9.10. The molecule has 2 amide bonds. The number of nitrogens with zero attached hydrogens (tertiary/aromatic N) is 3. The van der Waals surface area contributed by atoms with E-state index < -0.39 is 29.4 Å². The first kappa shape index (κ1) is 22.6. The Morgan fingerprint density at radius 1 is 0.882 bits per heavy atom. The number of carbonyl (C=O) groups excluding carboxylic acids is 2. The molecular weight excluding hydrogens is 456 g/mol. The van der Waals surface area contributed by atoms with Gasteiger partial charge in [0.15, 0.2) is 5.69 Å². The Kier molecular flexibility index (Phi) is 6.04. The third-order valence-electron chi connectivity index (χ3n) is 4.59. The van der Waals surface area contributed by atoms with Crippen LogP contribution in [0.4, 0.5) is 28.9 Å². The van der Waals surface area contributed by atoms with Crippen molar-refractivity contribution in [2.24, 2.45) is 0 Å². The van der Waals surface area contributed by atoms with Gasteiger partial charge < -0.3 is 10.6 Å². The van der Waals surface area contributed by atoms with Gasteiger partial charge in [0.25, 0.3) is 11.8 Å². The largest absolute Gasteiger partial charge is 0.417 e. The smallest absolute Gasteiger partial charge is 0.319 e. The first-order valence-corrected chi connectivity index (χ1v) is 9.60. The number of alkyl halides is 3. The lowest BCUT2D eigenvalue weighted by atomic mass is 10.1. The minimum Gasteiger partial charge on any atom is -0.319 e. The SMILES string of the molecule is O=C(Nc1c[nH]nc1C(=O)Nc1cncc(-c2cccc(F)c2)c1)c1cncc(C(F)(F)F)c1. The van der Waals surface area contributed by atoms with Gasteiger partial charge in [-0.25, -0.2) is 4.39 Å². The lowest BCUT2D eigenvalue weighted by Gasteiger charge is -2.09. The van der Waals surface area contributed by atoms with Crippen molar-refractivity contribution in [3.63, 3.8) is 0 Å². The van der Waals surface area contributed by atoms with Crippen LogP contribution in [0.5, 0.6) is 0 Å². The van der Waals surface area contributed by atoms with Gasteiger partial charge in [-0.2, -0.15) is 18.3 Å². The zero-order chi connectivity index (χ0) is 24.3. The number of aromatic nitrogens is 4. The second-order valence-electron chi connectivity index (χ2n) is 6.99. The van der Waals surface area contributed by atoms with E-state index in [0.717, 1.165) is 6.20 Å². The first-order valence-electron chi connectivity index (χ1n) is 9.60. The number of hydrogen-bond donors (Lipinski definition) is 3. The Hall–Kier alpha value is -4.61.